The molecule has 0 spiro atoms. The van der Waals surface area contributed by atoms with E-state index in [4.69, 9.17) is 0 Å². The molecule has 3 heterocycles. The van der Waals surface area contributed by atoms with E-state index in [-0.39, 0.29) is 11.6 Å². The van der Waals surface area contributed by atoms with Crippen LogP contribution in [0.1, 0.15) is 12.8 Å². The molecular weight excluding hydrogens is 306 g/mol. The van der Waals surface area contributed by atoms with Gasteiger partial charge in [-0.15, -0.1) is 0 Å². The van der Waals surface area contributed by atoms with Crippen molar-refractivity contribution in [1.82, 2.24) is 19.3 Å². The van der Waals surface area contributed by atoms with Gasteiger partial charge in [-0.3, -0.25) is 4.79 Å². The SMILES string of the molecule is CS(=O)(=O)N1CCC(Nc2ncc3ccc(=O)[nH]c3n2)CC1. The summed E-state index contributed by atoms with van der Waals surface area (Å²) in [5.74, 6) is 0.437. The third-order valence-electron chi connectivity index (χ3n) is 3.73. The number of pyridine rings is 1. The maximum absolute atomic E-state index is 11.5. The Bertz CT molecular complexity index is 840. The molecule has 2 aromatic heterocycles. The molecular formula is C13H17N5O3S. The first-order valence-electron chi connectivity index (χ1n) is 6.99. The van der Waals surface area contributed by atoms with Crippen LogP contribution in [-0.4, -0.2) is 53.1 Å². The van der Waals surface area contributed by atoms with Crippen molar-refractivity contribution in [3.63, 3.8) is 0 Å². The summed E-state index contributed by atoms with van der Waals surface area (Å²) >= 11 is 0. The molecule has 0 amide bonds. The number of nitrogens with zero attached hydrogens (tertiary/aromatic N) is 3. The number of aromatic amines is 1. The number of H-pyrrole nitrogens is 1. The molecule has 0 unspecified atom stereocenters. The molecule has 3 rings (SSSR count). The third kappa shape index (κ3) is 3.25. The number of nitrogens with one attached hydrogen (secondary N) is 2. The number of rotatable bonds is 3. The van der Waals surface area contributed by atoms with Crippen LogP contribution >= 0.6 is 0 Å². The highest BCUT2D eigenvalue weighted by Crippen LogP contribution is 2.17. The van der Waals surface area contributed by atoms with Gasteiger partial charge in [0.15, 0.2) is 0 Å². The summed E-state index contributed by atoms with van der Waals surface area (Å²) in [6.45, 7) is 0.974. The minimum absolute atomic E-state index is 0.117. The van der Waals surface area contributed by atoms with Crippen molar-refractivity contribution in [2.45, 2.75) is 18.9 Å². The van der Waals surface area contributed by atoms with Crippen LogP contribution in [0.4, 0.5) is 5.95 Å². The highest BCUT2D eigenvalue weighted by molar-refractivity contribution is 7.88. The molecule has 1 fully saturated rings. The molecule has 8 nitrogen and oxygen atoms in total. The van der Waals surface area contributed by atoms with Crippen molar-refractivity contribution in [1.29, 1.82) is 0 Å². The number of sulfonamides is 1. The molecule has 0 radical (unpaired) electrons. The van der Waals surface area contributed by atoms with Crippen LogP contribution in [0.15, 0.2) is 23.1 Å². The summed E-state index contributed by atoms with van der Waals surface area (Å²) in [4.78, 5) is 22.5. The molecule has 22 heavy (non-hydrogen) atoms. The molecule has 0 bridgehead atoms. The Kier molecular flexibility index (Phi) is 3.83. The minimum Gasteiger partial charge on any atom is -0.351 e. The summed E-state index contributed by atoms with van der Waals surface area (Å²) in [7, 11) is -3.12. The van der Waals surface area contributed by atoms with E-state index in [0.717, 1.165) is 5.39 Å². The van der Waals surface area contributed by atoms with Crippen molar-refractivity contribution >= 4 is 27.0 Å². The standard InChI is InChI=1S/C13H17N5O3S/c1-22(20,21)18-6-4-10(5-7-18)15-13-14-8-9-2-3-11(19)16-12(9)17-13/h2-3,8,10H,4-7H2,1H3,(H2,14,15,16,17,19). The zero-order chi connectivity index (χ0) is 15.7. The van der Waals surface area contributed by atoms with E-state index in [1.165, 1.54) is 16.6 Å². The highest BCUT2D eigenvalue weighted by Gasteiger charge is 2.25. The first kappa shape index (κ1) is 14.9. The van der Waals surface area contributed by atoms with Gasteiger partial charge in [0.2, 0.25) is 21.5 Å². The second-order valence-electron chi connectivity index (χ2n) is 5.40. The molecule has 0 aliphatic carbocycles. The topological polar surface area (TPSA) is 108 Å². The molecule has 0 aromatic carbocycles. The monoisotopic (exact) mass is 323 g/mol. The lowest BCUT2D eigenvalue weighted by Crippen LogP contribution is -2.42. The maximum Gasteiger partial charge on any atom is 0.249 e. The molecule has 0 atom stereocenters. The normalized spacial score (nSPS) is 17.7. The quantitative estimate of drug-likeness (QED) is 0.832. The van der Waals surface area contributed by atoms with Gasteiger partial charge in [-0.05, 0) is 18.9 Å². The van der Waals surface area contributed by atoms with E-state index in [1.807, 2.05) is 0 Å². The fraction of sp³-hybridized carbons (Fsp3) is 0.462. The molecule has 118 valence electrons. The van der Waals surface area contributed by atoms with Crippen LogP contribution in [0.25, 0.3) is 11.0 Å². The Morgan fingerprint density at radius 1 is 1.32 bits per heavy atom. The predicted octanol–water partition coefficient (Wildman–Crippen LogP) is 0.154. The van der Waals surface area contributed by atoms with E-state index >= 15 is 0 Å². The van der Waals surface area contributed by atoms with Gasteiger partial charge in [-0.2, -0.15) is 4.98 Å². The minimum atomic E-state index is -3.12. The highest BCUT2D eigenvalue weighted by atomic mass is 32.2. The third-order valence-corrected chi connectivity index (χ3v) is 5.03. The lowest BCUT2D eigenvalue weighted by Gasteiger charge is -2.30. The molecule has 2 aromatic rings. The predicted molar refractivity (Wildman–Crippen MR) is 83.2 cm³/mol. The van der Waals surface area contributed by atoms with Crippen LogP contribution < -0.4 is 10.9 Å². The second kappa shape index (κ2) is 5.65. The van der Waals surface area contributed by atoms with E-state index in [2.05, 4.69) is 20.3 Å². The summed E-state index contributed by atoms with van der Waals surface area (Å²) in [5, 5.41) is 3.96. The van der Waals surface area contributed by atoms with Gasteiger partial charge >= 0.3 is 0 Å². The Labute approximate surface area is 127 Å². The van der Waals surface area contributed by atoms with Gasteiger partial charge < -0.3 is 10.3 Å². The zero-order valence-corrected chi connectivity index (χ0v) is 12.9. The van der Waals surface area contributed by atoms with E-state index in [9.17, 15) is 13.2 Å². The molecule has 1 aliphatic rings. The van der Waals surface area contributed by atoms with Crippen LogP contribution in [0.5, 0.6) is 0 Å². The van der Waals surface area contributed by atoms with Crippen molar-refractivity contribution < 1.29 is 8.42 Å². The lowest BCUT2D eigenvalue weighted by molar-refractivity contribution is 0.331. The summed E-state index contributed by atoms with van der Waals surface area (Å²) in [6, 6.07) is 3.22. The van der Waals surface area contributed by atoms with E-state index < -0.39 is 10.0 Å². The fourth-order valence-corrected chi connectivity index (χ4v) is 3.40. The van der Waals surface area contributed by atoms with Crippen LogP contribution in [-0.2, 0) is 10.0 Å². The van der Waals surface area contributed by atoms with Crippen LogP contribution in [0.2, 0.25) is 0 Å². The van der Waals surface area contributed by atoms with Gasteiger partial charge in [0.1, 0.15) is 5.65 Å². The van der Waals surface area contributed by atoms with Crippen LogP contribution in [0, 0.1) is 0 Å². The summed E-state index contributed by atoms with van der Waals surface area (Å²) < 4.78 is 24.4. The number of hydrogen-bond donors (Lipinski definition) is 2. The van der Waals surface area contributed by atoms with E-state index in [0.29, 0.717) is 37.5 Å². The lowest BCUT2D eigenvalue weighted by atomic mass is 10.1. The van der Waals surface area contributed by atoms with Crippen molar-refractivity contribution in [2.75, 3.05) is 24.7 Å². The average molecular weight is 323 g/mol. The number of aromatic nitrogens is 3. The van der Waals surface area contributed by atoms with Gasteiger partial charge in [0, 0.05) is 36.8 Å². The van der Waals surface area contributed by atoms with Crippen molar-refractivity contribution in [3.8, 4) is 0 Å². The molecule has 0 saturated carbocycles. The van der Waals surface area contributed by atoms with Crippen LogP contribution in [0.3, 0.4) is 0 Å². The molecule has 1 saturated heterocycles. The first-order valence-corrected chi connectivity index (χ1v) is 8.84. The average Bonchev–Trinajstić information content (AvgIpc) is 2.46. The first-order chi connectivity index (χ1) is 10.4. The van der Waals surface area contributed by atoms with Crippen molar-refractivity contribution in [2.24, 2.45) is 0 Å². The Morgan fingerprint density at radius 3 is 2.73 bits per heavy atom. The maximum atomic E-state index is 11.5. The fourth-order valence-electron chi connectivity index (χ4n) is 2.52. The Morgan fingerprint density at radius 2 is 2.05 bits per heavy atom. The number of fused-ring (bicyclic) bond motifs is 1. The smallest absolute Gasteiger partial charge is 0.249 e. The molecule has 9 heteroatoms. The zero-order valence-electron chi connectivity index (χ0n) is 12.1. The van der Waals surface area contributed by atoms with Gasteiger partial charge in [0.05, 0.1) is 6.26 Å². The second-order valence-corrected chi connectivity index (χ2v) is 7.38. The molecule has 2 N–H and O–H groups in total. The number of hydrogen-bond acceptors (Lipinski definition) is 6. The molecule has 1 aliphatic heterocycles. The largest absolute Gasteiger partial charge is 0.351 e. The Hall–Kier alpha value is -2.00. The van der Waals surface area contributed by atoms with Gasteiger partial charge in [0.25, 0.3) is 0 Å². The van der Waals surface area contributed by atoms with Gasteiger partial charge in [-0.1, -0.05) is 0 Å². The van der Waals surface area contributed by atoms with E-state index in [1.54, 1.807) is 12.3 Å². The van der Waals surface area contributed by atoms with Gasteiger partial charge in [-0.25, -0.2) is 17.7 Å². The number of piperidine rings is 1. The summed E-state index contributed by atoms with van der Waals surface area (Å²) in [5.41, 5.74) is 0.275. The Balaban J connectivity index is 1.70. The summed E-state index contributed by atoms with van der Waals surface area (Å²) in [6.07, 6.45) is 4.26. The number of anilines is 1. The van der Waals surface area contributed by atoms with Crippen molar-refractivity contribution in [3.05, 3.63) is 28.7 Å².